The van der Waals surface area contributed by atoms with Crippen molar-refractivity contribution in [2.24, 2.45) is 5.73 Å². The summed E-state index contributed by atoms with van der Waals surface area (Å²) in [7, 11) is 0. The van der Waals surface area contributed by atoms with E-state index in [-0.39, 0.29) is 6.04 Å². The first kappa shape index (κ1) is 13.3. The van der Waals surface area contributed by atoms with Crippen molar-refractivity contribution in [1.82, 2.24) is 0 Å². The third-order valence-electron chi connectivity index (χ3n) is 4.10. The summed E-state index contributed by atoms with van der Waals surface area (Å²) in [5.74, 6) is 3.34. The molecule has 0 saturated heterocycles. The van der Waals surface area contributed by atoms with E-state index in [2.05, 4.69) is 18.2 Å². The van der Waals surface area contributed by atoms with Crippen molar-refractivity contribution >= 4 is 0 Å². The predicted octanol–water partition coefficient (Wildman–Crippen LogP) is 3.85. The summed E-state index contributed by atoms with van der Waals surface area (Å²) in [5, 5.41) is 0. The molecule has 0 spiro atoms. The van der Waals surface area contributed by atoms with Gasteiger partial charge in [0.15, 0.2) is 0 Å². The molecule has 0 fully saturated rings. The van der Waals surface area contributed by atoms with Gasteiger partial charge >= 0.3 is 0 Å². The van der Waals surface area contributed by atoms with Crippen LogP contribution in [0.5, 0.6) is 5.75 Å². The fraction of sp³-hybridized carbons (Fsp3) is 0.412. The summed E-state index contributed by atoms with van der Waals surface area (Å²) in [6.07, 6.45) is 1.96. The zero-order valence-electron chi connectivity index (χ0n) is 12.1. The van der Waals surface area contributed by atoms with Gasteiger partial charge < -0.3 is 14.9 Å². The molecule has 1 aromatic heterocycles. The Morgan fingerprint density at radius 2 is 2.10 bits per heavy atom. The van der Waals surface area contributed by atoms with Crippen LogP contribution in [0, 0.1) is 13.8 Å². The number of hydrogen-bond donors (Lipinski definition) is 1. The van der Waals surface area contributed by atoms with Gasteiger partial charge in [-0.25, -0.2) is 0 Å². The second-order valence-corrected chi connectivity index (χ2v) is 5.58. The molecule has 3 heteroatoms. The average molecular weight is 271 g/mol. The summed E-state index contributed by atoms with van der Waals surface area (Å²) in [4.78, 5) is 0. The molecule has 3 rings (SSSR count). The minimum Gasteiger partial charge on any atom is -0.493 e. The predicted molar refractivity (Wildman–Crippen MR) is 79.0 cm³/mol. The number of hydrogen-bond acceptors (Lipinski definition) is 3. The Labute approximate surface area is 119 Å². The van der Waals surface area contributed by atoms with E-state index in [0.29, 0.717) is 5.92 Å². The highest BCUT2D eigenvalue weighted by Crippen LogP contribution is 2.38. The molecule has 1 aliphatic rings. The molecular formula is C17H21NO2. The van der Waals surface area contributed by atoms with Crippen LogP contribution in [0.1, 0.15) is 47.4 Å². The van der Waals surface area contributed by atoms with Crippen molar-refractivity contribution in [3.8, 4) is 5.75 Å². The van der Waals surface area contributed by atoms with E-state index in [1.165, 1.54) is 5.56 Å². The lowest BCUT2D eigenvalue weighted by Gasteiger charge is -2.27. The van der Waals surface area contributed by atoms with Crippen molar-refractivity contribution < 1.29 is 9.15 Å². The highest BCUT2D eigenvalue weighted by molar-refractivity contribution is 5.38. The fourth-order valence-corrected chi connectivity index (χ4v) is 3.11. The van der Waals surface area contributed by atoms with Crippen LogP contribution < -0.4 is 10.5 Å². The van der Waals surface area contributed by atoms with Crippen LogP contribution >= 0.6 is 0 Å². The van der Waals surface area contributed by atoms with Crippen LogP contribution in [-0.4, -0.2) is 6.61 Å². The fourth-order valence-electron chi connectivity index (χ4n) is 3.11. The number of ether oxygens (including phenoxy) is 1. The summed E-state index contributed by atoms with van der Waals surface area (Å²) in [6.45, 7) is 4.73. The minimum absolute atomic E-state index is 0.0172. The van der Waals surface area contributed by atoms with Crippen molar-refractivity contribution in [2.75, 3.05) is 6.61 Å². The normalized spacial score (nSPS) is 19.2. The van der Waals surface area contributed by atoms with E-state index < -0.39 is 0 Å². The topological polar surface area (TPSA) is 48.4 Å². The van der Waals surface area contributed by atoms with Gasteiger partial charge in [0.2, 0.25) is 0 Å². The molecule has 0 radical (unpaired) electrons. The van der Waals surface area contributed by atoms with E-state index in [0.717, 1.165) is 42.3 Å². The molecule has 2 heterocycles. The highest BCUT2D eigenvalue weighted by atomic mass is 16.5. The van der Waals surface area contributed by atoms with Gasteiger partial charge in [0.05, 0.1) is 6.61 Å². The van der Waals surface area contributed by atoms with Crippen molar-refractivity contribution in [1.29, 1.82) is 0 Å². The maximum Gasteiger partial charge on any atom is 0.122 e. The van der Waals surface area contributed by atoms with Crippen LogP contribution in [0.4, 0.5) is 0 Å². The molecule has 2 atom stereocenters. The SMILES string of the molecule is Cc1cc(C(N)CC2CCOc3ccccc32)c(C)o1. The van der Waals surface area contributed by atoms with Crippen molar-refractivity contribution in [3.05, 3.63) is 53.0 Å². The van der Waals surface area contributed by atoms with Gasteiger partial charge in [-0.3, -0.25) is 0 Å². The first-order valence-electron chi connectivity index (χ1n) is 7.19. The second-order valence-electron chi connectivity index (χ2n) is 5.58. The molecule has 0 amide bonds. The zero-order chi connectivity index (χ0) is 14.1. The highest BCUT2D eigenvalue weighted by Gasteiger charge is 2.25. The molecule has 0 aliphatic carbocycles. The smallest absolute Gasteiger partial charge is 0.122 e. The summed E-state index contributed by atoms with van der Waals surface area (Å²) in [6, 6.07) is 10.4. The number of furan rings is 1. The molecule has 106 valence electrons. The standard InChI is InChI=1S/C17H21NO2/c1-11-9-15(12(2)20-11)16(18)10-13-7-8-19-17-6-4-3-5-14(13)17/h3-6,9,13,16H,7-8,10,18H2,1-2H3. The van der Waals surface area contributed by atoms with Gasteiger partial charge in [-0.15, -0.1) is 0 Å². The molecule has 2 aromatic rings. The molecular weight excluding hydrogens is 250 g/mol. The van der Waals surface area contributed by atoms with Gasteiger partial charge in [0, 0.05) is 11.6 Å². The monoisotopic (exact) mass is 271 g/mol. The third-order valence-corrected chi connectivity index (χ3v) is 4.10. The Balaban J connectivity index is 1.80. The first-order chi connectivity index (χ1) is 9.65. The lowest BCUT2D eigenvalue weighted by Crippen LogP contribution is -2.20. The molecule has 2 unspecified atom stereocenters. The maximum atomic E-state index is 6.40. The number of aryl methyl sites for hydroxylation is 2. The van der Waals surface area contributed by atoms with E-state index in [1.807, 2.05) is 26.0 Å². The van der Waals surface area contributed by atoms with E-state index in [9.17, 15) is 0 Å². The molecule has 0 saturated carbocycles. The third kappa shape index (κ3) is 2.46. The molecule has 1 aliphatic heterocycles. The average Bonchev–Trinajstić information content (AvgIpc) is 2.78. The van der Waals surface area contributed by atoms with E-state index in [4.69, 9.17) is 14.9 Å². The van der Waals surface area contributed by atoms with Crippen LogP contribution in [0.3, 0.4) is 0 Å². The van der Waals surface area contributed by atoms with Crippen LogP contribution in [0.15, 0.2) is 34.7 Å². The van der Waals surface area contributed by atoms with Gasteiger partial charge in [0.1, 0.15) is 17.3 Å². The quantitative estimate of drug-likeness (QED) is 0.922. The first-order valence-corrected chi connectivity index (χ1v) is 7.19. The van der Waals surface area contributed by atoms with Crippen molar-refractivity contribution in [2.45, 2.75) is 38.6 Å². The maximum absolute atomic E-state index is 6.40. The Kier molecular flexibility index (Phi) is 3.53. The lowest BCUT2D eigenvalue weighted by molar-refractivity contribution is 0.259. The zero-order valence-corrected chi connectivity index (χ0v) is 12.1. The van der Waals surface area contributed by atoms with E-state index in [1.54, 1.807) is 0 Å². The molecule has 2 N–H and O–H groups in total. The number of nitrogens with two attached hydrogens (primary N) is 1. The van der Waals surface area contributed by atoms with Crippen molar-refractivity contribution in [3.63, 3.8) is 0 Å². The van der Waals surface area contributed by atoms with Gasteiger partial charge in [-0.1, -0.05) is 18.2 Å². The summed E-state index contributed by atoms with van der Waals surface area (Å²) >= 11 is 0. The Bertz CT molecular complexity index is 603. The largest absolute Gasteiger partial charge is 0.493 e. The Morgan fingerprint density at radius 1 is 1.30 bits per heavy atom. The lowest BCUT2D eigenvalue weighted by atomic mass is 9.86. The number of rotatable bonds is 3. The molecule has 0 bridgehead atoms. The number of para-hydroxylation sites is 1. The van der Waals surface area contributed by atoms with Gasteiger partial charge in [-0.2, -0.15) is 0 Å². The van der Waals surface area contributed by atoms with E-state index >= 15 is 0 Å². The van der Waals surface area contributed by atoms with Gasteiger partial charge in [0.25, 0.3) is 0 Å². The molecule has 3 nitrogen and oxygen atoms in total. The van der Waals surface area contributed by atoms with Crippen LogP contribution in [-0.2, 0) is 0 Å². The number of fused-ring (bicyclic) bond motifs is 1. The van der Waals surface area contributed by atoms with Crippen LogP contribution in [0.2, 0.25) is 0 Å². The minimum atomic E-state index is 0.0172. The molecule has 20 heavy (non-hydrogen) atoms. The number of benzene rings is 1. The Hall–Kier alpha value is -1.74. The summed E-state index contributed by atoms with van der Waals surface area (Å²) < 4.78 is 11.3. The van der Waals surface area contributed by atoms with Gasteiger partial charge in [-0.05, 0) is 50.3 Å². The van der Waals surface area contributed by atoms with Crippen LogP contribution in [0.25, 0.3) is 0 Å². The second kappa shape index (κ2) is 5.33. The Morgan fingerprint density at radius 3 is 2.85 bits per heavy atom. The summed E-state index contributed by atoms with van der Waals surface area (Å²) in [5.41, 5.74) is 8.81. The molecule has 1 aromatic carbocycles.